The number of carbonyl (C=O) groups excluding carboxylic acids is 1. The van der Waals surface area contributed by atoms with Gasteiger partial charge in [0.1, 0.15) is 5.88 Å². The Kier molecular flexibility index (Phi) is 6.58. The molecule has 7 heteroatoms. The van der Waals surface area contributed by atoms with E-state index in [4.69, 9.17) is 25.8 Å². The van der Waals surface area contributed by atoms with Crippen molar-refractivity contribution in [2.24, 2.45) is 0 Å². The number of morpholine rings is 1. The van der Waals surface area contributed by atoms with Crippen molar-refractivity contribution in [1.29, 1.82) is 0 Å². The van der Waals surface area contributed by atoms with Crippen LogP contribution in [0.4, 0.5) is 5.69 Å². The molecule has 0 N–H and O–H groups in total. The van der Waals surface area contributed by atoms with Gasteiger partial charge in [-0.25, -0.2) is 0 Å². The summed E-state index contributed by atoms with van der Waals surface area (Å²) in [7, 11) is 3.27. The molecule has 0 saturated carbocycles. The summed E-state index contributed by atoms with van der Waals surface area (Å²) >= 11 is 6.01. The van der Waals surface area contributed by atoms with Crippen molar-refractivity contribution in [3.8, 4) is 11.5 Å². The molecule has 2 heterocycles. The summed E-state index contributed by atoms with van der Waals surface area (Å²) < 4.78 is 16.5. The number of hydrogen-bond donors (Lipinski definition) is 0. The van der Waals surface area contributed by atoms with E-state index in [2.05, 4.69) is 36.1 Å². The van der Waals surface area contributed by atoms with Gasteiger partial charge in [0.25, 0.3) is 0 Å². The topological polar surface area (TPSA) is 51.2 Å². The molecule has 0 unspecified atom stereocenters. The van der Waals surface area contributed by atoms with Crippen LogP contribution in [-0.2, 0) is 16.0 Å². The molecule has 0 bridgehead atoms. The third-order valence-electron chi connectivity index (χ3n) is 6.20. The Bertz CT molecular complexity index is 928. The first-order valence-corrected chi connectivity index (χ1v) is 11.2. The third-order valence-corrected chi connectivity index (χ3v) is 6.42. The van der Waals surface area contributed by atoms with Crippen molar-refractivity contribution in [2.45, 2.75) is 25.4 Å². The van der Waals surface area contributed by atoms with E-state index >= 15 is 0 Å². The van der Waals surface area contributed by atoms with Gasteiger partial charge in [0, 0.05) is 24.8 Å². The minimum atomic E-state index is -0.233. The lowest BCUT2D eigenvalue weighted by Gasteiger charge is -2.42. The van der Waals surface area contributed by atoms with E-state index in [1.54, 1.807) is 14.2 Å². The van der Waals surface area contributed by atoms with Crippen LogP contribution in [0.1, 0.15) is 29.7 Å². The fourth-order valence-electron chi connectivity index (χ4n) is 4.68. The van der Waals surface area contributed by atoms with Crippen LogP contribution < -0.4 is 14.4 Å². The zero-order valence-electron chi connectivity index (χ0n) is 18.3. The molecule has 1 amide bonds. The maximum atomic E-state index is 12.9. The molecule has 0 spiro atoms. The van der Waals surface area contributed by atoms with Crippen molar-refractivity contribution in [2.75, 3.05) is 51.3 Å². The number of halogens is 1. The molecule has 2 aromatic rings. The highest BCUT2D eigenvalue weighted by Gasteiger charge is 2.37. The van der Waals surface area contributed by atoms with Crippen molar-refractivity contribution < 1.29 is 19.0 Å². The molecular weight excluding hydrogens is 416 g/mol. The first-order valence-electron chi connectivity index (χ1n) is 10.6. The van der Waals surface area contributed by atoms with E-state index in [0.29, 0.717) is 11.5 Å². The molecule has 2 aromatic carbocycles. The van der Waals surface area contributed by atoms with Crippen LogP contribution in [-0.4, -0.2) is 63.3 Å². The van der Waals surface area contributed by atoms with Gasteiger partial charge in [0.05, 0.1) is 33.5 Å². The SMILES string of the molecule is COc1cc2c(cc1OC)[C@H](c1ccc(N3CCOCC3)cc1)N(C(=O)CCl)[C@@H](C)C2. The number of amides is 1. The summed E-state index contributed by atoms with van der Waals surface area (Å²) in [6, 6.07) is 12.3. The number of rotatable bonds is 5. The molecule has 0 radical (unpaired) electrons. The Labute approximate surface area is 188 Å². The Morgan fingerprint density at radius 2 is 1.74 bits per heavy atom. The molecule has 2 atom stereocenters. The van der Waals surface area contributed by atoms with Gasteiger partial charge in [0.15, 0.2) is 11.5 Å². The van der Waals surface area contributed by atoms with E-state index in [1.807, 2.05) is 17.0 Å². The number of hydrogen-bond acceptors (Lipinski definition) is 5. The van der Waals surface area contributed by atoms with Crippen LogP contribution >= 0.6 is 11.6 Å². The number of carbonyl (C=O) groups is 1. The van der Waals surface area contributed by atoms with Crippen molar-refractivity contribution in [3.05, 3.63) is 53.1 Å². The van der Waals surface area contributed by atoms with Gasteiger partial charge >= 0.3 is 0 Å². The number of nitrogens with zero attached hydrogens (tertiary/aromatic N) is 2. The van der Waals surface area contributed by atoms with Crippen LogP contribution in [0, 0.1) is 0 Å². The van der Waals surface area contributed by atoms with Gasteiger partial charge in [-0.05, 0) is 54.3 Å². The second kappa shape index (κ2) is 9.37. The fourth-order valence-corrected chi connectivity index (χ4v) is 4.82. The van der Waals surface area contributed by atoms with Crippen LogP contribution in [0.5, 0.6) is 11.5 Å². The van der Waals surface area contributed by atoms with Gasteiger partial charge in [-0.3, -0.25) is 4.79 Å². The maximum absolute atomic E-state index is 12.9. The summed E-state index contributed by atoms with van der Waals surface area (Å²) in [6.45, 7) is 5.33. The average molecular weight is 445 g/mol. The normalized spacial score (nSPS) is 20.9. The standard InChI is InChI=1S/C24H29ClN2O4/c1-16-12-18-13-21(29-2)22(30-3)14-20(18)24(27(16)23(28)15-25)17-4-6-19(7-5-17)26-8-10-31-11-9-26/h4-7,13-14,16,24H,8-12,15H2,1-3H3/t16-,24-/m0/s1. The molecule has 31 heavy (non-hydrogen) atoms. The highest BCUT2D eigenvalue weighted by molar-refractivity contribution is 6.27. The molecule has 1 fully saturated rings. The molecule has 1 saturated heterocycles. The van der Waals surface area contributed by atoms with Gasteiger partial charge < -0.3 is 24.0 Å². The monoisotopic (exact) mass is 444 g/mol. The van der Waals surface area contributed by atoms with Gasteiger partial charge in [-0.1, -0.05) is 12.1 Å². The van der Waals surface area contributed by atoms with E-state index < -0.39 is 0 Å². The van der Waals surface area contributed by atoms with Crippen LogP contribution in [0.25, 0.3) is 0 Å². The number of benzene rings is 2. The van der Waals surface area contributed by atoms with E-state index in [1.165, 1.54) is 5.69 Å². The predicted octanol–water partition coefficient (Wildman–Crippen LogP) is 3.64. The number of alkyl halides is 1. The first kappa shape index (κ1) is 21.8. The highest BCUT2D eigenvalue weighted by Crippen LogP contribution is 2.43. The molecular formula is C24H29ClN2O4. The van der Waals surface area contributed by atoms with Crippen LogP contribution in [0.15, 0.2) is 36.4 Å². The second-order valence-electron chi connectivity index (χ2n) is 7.99. The molecule has 166 valence electrons. The molecule has 2 aliphatic heterocycles. The van der Waals surface area contributed by atoms with E-state index in [9.17, 15) is 4.79 Å². The van der Waals surface area contributed by atoms with Crippen LogP contribution in [0.3, 0.4) is 0 Å². The third kappa shape index (κ3) is 4.19. The average Bonchev–Trinajstić information content (AvgIpc) is 2.82. The first-order chi connectivity index (χ1) is 15.1. The van der Waals surface area contributed by atoms with E-state index in [0.717, 1.165) is 49.4 Å². The lowest BCUT2D eigenvalue weighted by Crippen LogP contribution is -2.47. The van der Waals surface area contributed by atoms with Gasteiger partial charge in [-0.2, -0.15) is 0 Å². The second-order valence-corrected chi connectivity index (χ2v) is 8.25. The zero-order chi connectivity index (χ0) is 22.0. The number of ether oxygens (including phenoxy) is 3. The Balaban J connectivity index is 1.77. The van der Waals surface area contributed by atoms with Crippen molar-refractivity contribution in [1.82, 2.24) is 4.90 Å². The van der Waals surface area contributed by atoms with Crippen molar-refractivity contribution in [3.63, 3.8) is 0 Å². The number of methoxy groups -OCH3 is 2. The molecule has 0 aromatic heterocycles. The molecule has 2 aliphatic rings. The minimum absolute atomic E-state index is 0.0146. The van der Waals surface area contributed by atoms with Crippen LogP contribution in [0.2, 0.25) is 0 Å². The molecule has 6 nitrogen and oxygen atoms in total. The molecule has 4 rings (SSSR count). The molecule has 0 aliphatic carbocycles. The van der Waals surface area contributed by atoms with Crippen molar-refractivity contribution >= 4 is 23.2 Å². The Morgan fingerprint density at radius 1 is 1.10 bits per heavy atom. The van der Waals surface area contributed by atoms with E-state index in [-0.39, 0.29) is 23.9 Å². The zero-order valence-corrected chi connectivity index (χ0v) is 19.0. The lowest BCUT2D eigenvalue weighted by molar-refractivity contribution is -0.132. The summed E-state index contributed by atoms with van der Waals surface area (Å²) in [4.78, 5) is 17.1. The summed E-state index contributed by atoms with van der Waals surface area (Å²) in [6.07, 6.45) is 0.737. The summed E-state index contributed by atoms with van der Waals surface area (Å²) in [5.41, 5.74) is 4.42. The Morgan fingerprint density at radius 3 is 2.35 bits per heavy atom. The lowest BCUT2D eigenvalue weighted by atomic mass is 9.84. The smallest absolute Gasteiger partial charge is 0.238 e. The minimum Gasteiger partial charge on any atom is -0.493 e. The maximum Gasteiger partial charge on any atom is 0.238 e. The summed E-state index contributed by atoms with van der Waals surface area (Å²) in [5.74, 6) is 1.24. The number of anilines is 1. The highest BCUT2D eigenvalue weighted by atomic mass is 35.5. The predicted molar refractivity (Wildman–Crippen MR) is 122 cm³/mol. The van der Waals surface area contributed by atoms with Gasteiger partial charge in [0.2, 0.25) is 5.91 Å². The Hall–Kier alpha value is -2.44. The largest absolute Gasteiger partial charge is 0.493 e. The number of fused-ring (bicyclic) bond motifs is 1. The fraction of sp³-hybridized carbons (Fsp3) is 0.458. The summed E-state index contributed by atoms with van der Waals surface area (Å²) in [5, 5.41) is 0. The quantitative estimate of drug-likeness (QED) is 0.659. The van der Waals surface area contributed by atoms with Gasteiger partial charge in [-0.15, -0.1) is 11.6 Å².